The van der Waals surface area contributed by atoms with E-state index in [4.69, 9.17) is 9.47 Å². The van der Waals surface area contributed by atoms with E-state index in [1.54, 1.807) is 29.2 Å². The molecule has 0 spiro atoms. The largest absolute Gasteiger partial charge is 0.507 e. The molecule has 1 amide bonds. The van der Waals surface area contributed by atoms with Gasteiger partial charge in [-0.25, -0.2) is 0 Å². The Morgan fingerprint density at radius 2 is 1.64 bits per heavy atom. The van der Waals surface area contributed by atoms with Gasteiger partial charge in [0.25, 0.3) is 11.7 Å². The van der Waals surface area contributed by atoms with Gasteiger partial charge in [-0.05, 0) is 53.6 Å². The van der Waals surface area contributed by atoms with Crippen LogP contribution >= 0.6 is 0 Å². The molecule has 2 fully saturated rings. The van der Waals surface area contributed by atoms with E-state index in [0.29, 0.717) is 37.7 Å². The zero-order valence-corrected chi connectivity index (χ0v) is 23.7. The number of nitrogens with zero attached hydrogens (tertiary/aromatic N) is 2. The molecule has 7 nitrogen and oxygen atoms in total. The summed E-state index contributed by atoms with van der Waals surface area (Å²) < 4.78 is 11.2. The number of ether oxygens (including phenoxy) is 2. The highest BCUT2D eigenvalue weighted by Gasteiger charge is 2.45. The summed E-state index contributed by atoms with van der Waals surface area (Å²) in [7, 11) is 0. The van der Waals surface area contributed by atoms with Gasteiger partial charge in [0.1, 0.15) is 11.5 Å². The summed E-state index contributed by atoms with van der Waals surface area (Å²) in [6.07, 6.45) is 2.74. The molecule has 2 saturated heterocycles. The zero-order valence-electron chi connectivity index (χ0n) is 23.7. The second kappa shape index (κ2) is 12.8. The van der Waals surface area contributed by atoms with E-state index in [9.17, 15) is 14.7 Å². The van der Waals surface area contributed by atoms with Crippen molar-refractivity contribution in [1.82, 2.24) is 9.80 Å². The van der Waals surface area contributed by atoms with E-state index >= 15 is 0 Å². The number of unbranched alkanes of at least 4 members (excludes halogenated alkanes) is 1. The van der Waals surface area contributed by atoms with E-state index in [1.165, 1.54) is 0 Å². The van der Waals surface area contributed by atoms with E-state index < -0.39 is 17.7 Å². The quantitative estimate of drug-likeness (QED) is 0.193. The number of likely N-dealkylation sites (tertiary alicyclic amines) is 1. The fourth-order valence-electron chi connectivity index (χ4n) is 5.11. The Morgan fingerprint density at radius 3 is 2.26 bits per heavy atom. The number of hydrogen-bond acceptors (Lipinski definition) is 6. The second-order valence-electron chi connectivity index (χ2n) is 11.4. The minimum absolute atomic E-state index is 0.0283. The van der Waals surface area contributed by atoms with Crippen LogP contribution in [0.4, 0.5) is 0 Å². The number of amides is 1. The molecule has 0 aliphatic carbocycles. The first kappa shape index (κ1) is 28.8. The van der Waals surface area contributed by atoms with E-state index in [1.807, 2.05) is 24.3 Å². The van der Waals surface area contributed by atoms with Crippen LogP contribution in [0, 0.1) is 0 Å². The first-order valence-electron chi connectivity index (χ1n) is 14.1. The van der Waals surface area contributed by atoms with Crippen LogP contribution in [0.2, 0.25) is 0 Å². The molecule has 0 saturated carbocycles. The molecular formula is C32H42N2O5. The number of morpholine rings is 1. The minimum atomic E-state index is -0.649. The summed E-state index contributed by atoms with van der Waals surface area (Å²) in [4.78, 5) is 30.7. The lowest BCUT2D eigenvalue weighted by Crippen LogP contribution is -2.39. The van der Waals surface area contributed by atoms with E-state index in [-0.39, 0.29) is 16.7 Å². The van der Waals surface area contributed by atoms with Crippen LogP contribution < -0.4 is 4.74 Å². The average molecular weight is 535 g/mol. The van der Waals surface area contributed by atoms with Crippen molar-refractivity contribution >= 4 is 17.4 Å². The number of aliphatic hydroxyl groups excluding tert-OH is 1. The third-order valence-corrected chi connectivity index (χ3v) is 7.50. The van der Waals surface area contributed by atoms with Crippen LogP contribution in [0.1, 0.15) is 69.7 Å². The van der Waals surface area contributed by atoms with Crippen molar-refractivity contribution in [1.29, 1.82) is 0 Å². The Morgan fingerprint density at radius 1 is 0.974 bits per heavy atom. The monoisotopic (exact) mass is 534 g/mol. The van der Waals surface area contributed by atoms with Gasteiger partial charge >= 0.3 is 0 Å². The van der Waals surface area contributed by atoms with Crippen molar-refractivity contribution in [3.63, 3.8) is 0 Å². The number of carbonyl (C=O) groups excluding carboxylic acids is 2. The molecule has 0 radical (unpaired) electrons. The van der Waals surface area contributed by atoms with Gasteiger partial charge in [0.2, 0.25) is 0 Å². The molecule has 0 aromatic heterocycles. The topological polar surface area (TPSA) is 79.3 Å². The van der Waals surface area contributed by atoms with Crippen LogP contribution in [0.3, 0.4) is 0 Å². The Labute approximate surface area is 232 Å². The molecule has 39 heavy (non-hydrogen) atoms. The molecule has 2 heterocycles. The minimum Gasteiger partial charge on any atom is -0.507 e. The van der Waals surface area contributed by atoms with Crippen LogP contribution in [0.5, 0.6) is 5.75 Å². The standard InChI is InChI=1S/C32H42N2O5/c1-5-6-20-39-26-14-10-24(11-15-26)29(35)27-28(23-8-12-25(13-9-23)32(2,3)4)34(31(37)30(27)36)17-7-16-33-18-21-38-22-19-33/h8-15,28,35H,5-7,16-22H2,1-4H3/b29-27+. The molecule has 1 atom stereocenters. The normalized spacial score (nSPS) is 20.0. The lowest BCUT2D eigenvalue weighted by atomic mass is 9.85. The van der Waals surface area contributed by atoms with Crippen molar-refractivity contribution in [2.75, 3.05) is 46.0 Å². The molecule has 2 aliphatic heterocycles. The molecule has 1 unspecified atom stereocenters. The number of rotatable bonds is 10. The van der Waals surface area contributed by atoms with Crippen molar-refractivity contribution in [3.8, 4) is 5.75 Å². The maximum Gasteiger partial charge on any atom is 0.295 e. The first-order chi connectivity index (χ1) is 18.7. The van der Waals surface area contributed by atoms with Crippen LogP contribution in [0.15, 0.2) is 54.1 Å². The maximum absolute atomic E-state index is 13.4. The number of ketones is 1. The average Bonchev–Trinajstić information content (AvgIpc) is 3.18. The van der Waals surface area contributed by atoms with Crippen LogP contribution in [-0.2, 0) is 19.7 Å². The summed E-state index contributed by atoms with van der Waals surface area (Å²) in [6, 6.07) is 14.5. The van der Waals surface area contributed by atoms with Gasteiger partial charge < -0.3 is 19.5 Å². The highest BCUT2D eigenvalue weighted by Crippen LogP contribution is 2.40. The molecule has 2 aliphatic rings. The Bertz CT molecular complexity index is 1160. The summed E-state index contributed by atoms with van der Waals surface area (Å²) in [5.41, 5.74) is 2.57. The molecule has 0 bridgehead atoms. The lowest BCUT2D eigenvalue weighted by Gasteiger charge is -2.29. The molecule has 7 heteroatoms. The smallest absolute Gasteiger partial charge is 0.295 e. The highest BCUT2D eigenvalue weighted by molar-refractivity contribution is 6.46. The summed E-state index contributed by atoms with van der Waals surface area (Å²) in [5.74, 6) is -0.665. The molecule has 1 N–H and O–H groups in total. The second-order valence-corrected chi connectivity index (χ2v) is 11.4. The predicted octanol–water partition coefficient (Wildman–Crippen LogP) is 5.31. The summed E-state index contributed by atoms with van der Waals surface area (Å²) >= 11 is 0. The SMILES string of the molecule is CCCCOc1ccc(/C(O)=C2\C(=O)C(=O)N(CCCN3CCOCC3)C2c2ccc(C(C)(C)C)cc2)cc1. The molecule has 2 aromatic rings. The number of Topliss-reactive ketones (excluding diaryl/α,β-unsaturated/α-hetero) is 1. The number of carbonyl (C=O) groups is 2. The Balaban J connectivity index is 1.64. The third kappa shape index (κ3) is 6.89. The number of hydrogen-bond donors (Lipinski definition) is 1. The summed E-state index contributed by atoms with van der Waals surface area (Å²) in [6.45, 7) is 13.6. The van der Waals surface area contributed by atoms with Gasteiger partial charge in [0, 0.05) is 31.7 Å². The Hall–Kier alpha value is -3.16. The molecule has 2 aromatic carbocycles. The van der Waals surface area contributed by atoms with Crippen molar-refractivity contribution < 1.29 is 24.2 Å². The van der Waals surface area contributed by atoms with E-state index in [2.05, 4.69) is 32.6 Å². The third-order valence-electron chi connectivity index (χ3n) is 7.50. The number of benzene rings is 2. The maximum atomic E-state index is 13.4. The van der Waals surface area contributed by atoms with Gasteiger partial charge in [0.15, 0.2) is 0 Å². The van der Waals surface area contributed by atoms with Gasteiger partial charge in [0.05, 0.1) is 31.4 Å². The van der Waals surface area contributed by atoms with Crippen molar-refractivity contribution in [2.24, 2.45) is 0 Å². The zero-order chi connectivity index (χ0) is 28.0. The number of aliphatic hydroxyl groups is 1. The van der Waals surface area contributed by atoms with E-state index in [0.717, 1.165) is 50.0 Å². The fourth-order valence-corrected chi connectivity index (χ4v) is 5.11. The molecular weight excluding hydrogens is 492 g/mol. The highest BCUT2D eigenvalue weighted by atomic mass is 16.5. The van der Waals surface area contributed by atoms with Gasteiger partial charge in [-0.1, -0.05) is 58.4 Å². The van der Waals surface area contributed by atoms with Crippen LogP contribution in [-0.4, -0.2) is 72.6 Å². The first-order valence-corrected chi connectivity index (χ1v) is 14.1. The van der Waals surface area contributed by atoms with Crippen LogP contribution in [0.25, 0.3) is 5.76 Å². The van der Waals surface area contributed by atoms with Gasteiger partial charge in [-0.15, -0.1) is 0 Å². The predicted molar refractivity (Wildman–Crippen MR) is 153 cm³/mol. The fraction of sp³-hybridized carbons (Fsp3) is 0.500. The van der Waals surface area contributed by atoms with Gasteiger partial charge in [-0.2, -0.15) is 0 Å². The van der Waals surface area contributed by atoms with Crippen molar-refractivity contribution in [2.45, 2.75) is 58.4 Å². The van der Waals surface area contributed by atoms with Crippen molar-refractivity contribution in [3.05, 3.63) is 70.8 Å². The summed E-state index contributed by atoms with van der Waals surface area (Å²) in [5, 5.41) is 11.4. The Kier molecular flexibility index (Phi) is 9.46. The molecule has 4 rings (SSSR count). The molecule has 210 valence electrons. The lowest BCUT2D eigenvalue weighted by molar-refractivity contribution is -0.140. The van der Waals surface area contributed by atoms with Gasteiger partial charge in [-0.3, -0.25) is 14.5 Å².